The maximum absolute atomic E-state index is 13.5. The number of anilines is 1. The summed E-state index contributed by atoms with van der Waals surface area (Å²) in [5.74, 6) is 2.48. The molecule has 2 atom stereocenters. The lowest BCUT2D eigenvalue weighted by Gasteiger charge is -2.32. The second kappa shape index (κ2) is 12.6. The molecular weight excluding hydrogens is 580 g/mol. The minimum absolute atomic E-state index is 0.145. The number of fused-ring (bicyclic) bond motifs is 2. The highest BCUT2D eigenvalue weighted by molar-refractivity contribution is 5.89. The van der Waals surface area contributed by atoms with Gasteiger partial charge < -0.3 is 15.0 Å². The predicted molar refractivity (Wildman–Crippen MR) is 178 cm³/mol. The number of carbonyl (C=O) groups excluding carboxylic acids is 1. The standard InChI is InChI=1S/C34H44N10O2/c1-22(2)32-39-38-30-15-12-24(21-43(30)32)46-28-14-13-27(25-10-8-9-11-26(25)28)36-33(45)37-31-18-29(34(3,4)5)40-44(31)23-19-35-42(20-23)17-16-41(6)7/h8-12,15,18-22,27-28H,13-14,16-17H2,1-7H3,(H2,36,37,45). The number of ether oxygens (including phenoxy) is 1. The number of rotatable bonds is 9. The lowest BCUT2D eigenvalue weighted by atomic mass is 9.85. The zero-order chi connectivity index (χ0) is 32.6. The van der Waals surface area contributed by atoms with Crippen molar-refractivity contribution in [1.82, 2.24) is 44.4 Å². The monoisotopic (exact) mass is 624 g/mol. The van der Waals surface area contributed by atoms with Crippen molar-refractivity contribution in [3.8, 4) is 11.4 Å². The molecule has 2 unspecified atom stereocenters. The summed E-state index contributed by atoms with van der Waals surface area (Å²) in [6.07, 6.45) is 7.03. The molecule has 6 rings (SSSR count). The van der Waals surface area contributed by atoms with Crippen molar-refractivity contribution in [3.63, 3.8) is 0 Å². The quantitative estimate of drug-likeness (QED) is 0.211. The van der Waals surface area contributed by atoms with Crippen molar-refractivity contribution >= 4 is 17.5 Å². The van der Waals surface area contributed by atoms with Gasteiger partial charge in [-0.1, -0.05) is 58.9 Å². The number of amides is 2. The van der Waals surface area contributed by atoms with E-state index in [-0.39, 0.29) is 29.5 Å². The first-order chi connectivity index (χ1) is 22.0. The number of pyridine rings is 1. The fourth-order valence-corrected chi connectivity index (χ4v) is 5.77. The van der Waals surface area contributed by atoms with Gasteiger partial charge in [-0.25, -0.2) is 9.48 Å². The Morgan fingerprint density at radius 2 is 1.85 bits per heavy atom. The molecule has 0 spiro atoms. The summed E-state index contributed by atoms with van der Waals surface area (Å²) >= 11 is 0. The highest BCUT2D eigenvalue weighted by Gasteiger charge is 2.30. The van der Waals surface area contributed by atoms with Crippen molar-refractivity contribution in [3.05, 3.63) is 83.7 Å². The van der Waals surface area contributed by atoms with E-state index < -0.39 is 0 Å². The Morgan fingerprint density at radius 3 is 2.59 bits per heavy atom. The molecular formula is C34H44N10O2. The summed E-state index contributed by atoms with van der Waals surface area (Å²) in [7, 11) is 4.07. The Balaban J connectivity index is 1.19. The SMILES string of the molecule is CC(C)c1nnc2ccc(OC3CCC(NC(=O)Nc4cc(C(C)(C)C)nn4-c4cnn(CCN(C)C)c4)c4ccccc43)cn12. The second-order valence-electron chi connectivity index (χ2n) is 13.6. The first-order valence-corrected chi connectivity index (χ1v) is 15.9. The van der Waals surface area contributed by atoms with Gasteiger partial charge in [0.1, 0.15) is 29.2 Å². The molecule has 0 saturated carbocycles. The fourth-order valence-electron chi connectivity index (χ4n) is 5.77. The van der Waals surface area contributed by atoms with Crippen molar-refractivity contribution in [2.24, 2.45) is 0 Å². The summed E-state index contributed by atoms with van der Waals surface area (Å²) in [5, 5.41) is 24.3. The molecule has 5 aromatic rings. The number of nitrogens with one attached hydrogen (secondary N) is 2. The van der Waals surface area contributed by atoms with Gasteiger partial charge in [-0.05, 0) is 50.2 Å². The maximum Gasteiger partial charge on any atom is 0.320 e. The summed E-state index contributed by atoms with van der Waals surface area (Å²) in [5.41, 5.74) is 4.37. The zero-order valence-corrected chi connectivity index (χ0v) is 27.7. The number of hydrogen-bond donors (Lipinski definition) is 2. The van der Waals surface area contributed by atoms with E-state index in [9.17, 15) is 4.79 Å². The van der Waals surface area contributed by atoms with Crippen LogP contribution in [0.25, 0.3) is 11.3 Å². The van der Waals surface area contributed by atoms with Crippen molar-refractivity contribution in [2.75, 3.05) is 26.0 Å². The molecule has 0 radical (unpaired) electrons. The number of urea groups is 1. The van der Waals surface area contributed by atoms with E-state index in [1.54, 1.807) is 10.9 Å². The molecule has 1 aliphatic carbocycles. The van der Waals surface area contributed by atoms with Gasteiger partial charge in [-0.15, -0.1) is 10.2 Å². The zero-order valence-electron chi connectivity index (χ0n) is 27.7. The van der Waals surface area contributed by atoms with Crippen LogP contribution in [0.5, 0.6) is 5.75 Å². The molecule has 12 heteroatoms. The Labute approximate surface area is 269 Å². The van der Waals surface area contributed by atoms with E-state index in [1.807, 2.05) is 65.9 Å². The van der Waals surface area contributed by atoms with Crippen molar-refractivity contribution < 1.29 is 9.53 Å². The summed E-state index contributed by atoms with van der Waals surface area (Å²) in [6.45, 7) is 12.1. The molecule has 2 N–H and O–H groups in total. The molecule has 0 saturated heterocycles. The van der Waals surface area contributed by atoms with E-state index in [1.165, 1.54) is 0 Å². The van der Waals surface area contributed by atoms with Gasteiger partial charge >= 0.3 is 6.03 Å². The van der Waals surface area contributed by atoms with Crippen molar-refractivity contribution in [2.45, 2.75) is 77.5 Å². The molecule has 0 fully saturated rings. The van der Waals surface area contributed by atoms with Crippen LogP contribution in [0.3, 0.4) is 0 Å². The fraction of sp³-hybridized carbons (Fsp3) is 0.441. The van der Waals surface area contributed by atoms with Crippen LogP contribution in [0.2, 0.25) is 0 Å². The van der Waals surface area contributed by atoms with Gasteiger partial charge in [0.2, 0.25) is 0 Å². The third-order valence-electron chi connectivity index (χ3n) is 8.30. The highest BCUT2D eigenvalue weighted by atomic mass is 16.5. The summed E-state index contributed by atoms with van der Waals surface area (Å²) in [6, 6.07) is 13.5. The Kier molecular flexibility index (Phi) is 8.56. The molecule has 242 valence electrons. The predicted octanol–water partition coefficient (Wildman–Crippen LogP) is 5.87. The maximum atomic E-state index is 13.5. The summed E-state index contributed by atoms with van der Waals surface area (Å²) in [4.78, 5) is 15.7. The van der Waals surface area contributed by atoms with Crippen LogP contribution in [0.4, 0.5) is 10.6 Å². The van der Waals surface area contributed by atoms with Gasteiger partial charge in [0.15, 0.2) is 5.65 Å². The minimum atomic E-state index is -0.292. The largest absolute Gasteiger partial charge is 0.484 e. The van der Waals surface area contributed by atoms with Crippen LogP contribution in [-0.2, 0) is 12.0 Å². The number of likely N-dealkylation sites (N-methyl/N-ethyl adjacent to an activating group) is 1. The topological polar surface area (TPSA) is 119 Å². The van der Waals surface area contributed by atoms with E-state index in [0.717, 1.165) is 65.7 Å². The van der Waals surface area contributed by atoms with E-state index in [2.05, 4.69) is 77.6 Å². The average molecular weight is 625 g/mol. The van der Waals surface area contributed by atoms with Crippen LogP contribution in [0.15, 0.2) is 61.1 Å². The summed E-state index contributed by atoms with van der Waals surface area (Å²) < 4.78 is 12.2. The molecule has 1 aromatic carbocycles. The number of carbonyl (C=O) groups is 1. The Morgan fingerprint density at radius 1 is 1.07 bits per heavy atom. The van der Waals surface area contributed by atoms with Crippen LogP contribution in [-0.4, -0.2) is 65.7 Å². The smallest absolute Gasteiger partial charge is 0.320 e. The number of nitrogens with zero attached hydrogens (tertiary/aromatic N) is 8. The van der Waals surface area contributed by atoms with Crippen LogP contribution >= 0.6 is 0 Å². The van der Waals surface area contributed by atoms with Gasteiger partial charge in [-0.2, -0.15) is 10.2 Å². The van der Waals surface area contributed by atoms with E-state index in [0.29, 0.717) is 5.82 Å². The number of hydrogen-bond acceptors (Lipinski definition) is 7. The Bertz CT molecular complexity index is 1830. The first-order valence-electron chi connectivity index (χ1n) is 15.9. The van der Waals surface area contributed by atoms with Crippen LogP contribution < -0.4 is 15.4 Å². The number of aromatic nitrogens is 7. The molecule has 4 heterocycles. The first kappa shape index (κ1) is 31.3. The van der Waals surface area contributed by atoms with E-state index >= 15 is 0 Å². The molecule has 12 nitrogen and oxygen atoms in total. The van der Waals surface area contributed by atoms with Gasteiger partial charge in [0, 0.05) is 23.9 Å². The molecule has 4 aromatic heterocycles. The molecule has 0 aliphatic heterocycles. The normalized spacial score (nSPS) is 16.6. The van der Waals surface area contributed by atoms with Crippen molar-refractivity contribution in [1.29, 1.82) is 0 Å². The lowest BCUT2D eigenvalue weighted by molar-refractivity contribution is 0.171. The molecule has 1 aliphatic rings. The average Bonchev–Trinajstić information content (AvgIpc) is 3.75. The van der Waals surface area contributed by atoms with Crippen LogP contribution in [0, 0.1) is 0 Å². The van der Waals surface area contributed by atoms with Gasteiger partial charge in [0.05, 0.1) is 36.9 Å². The van der Waals surface area contributed by atoms with Gasteiger partial charge in [0.25, 0.3) is 0 Å². The molecule has 46 heavy (non-hydrogen) atoms. The Hall–Kier alpha value is -4.71. The third-order valence-corrected chi connectivity index (χ3v) is 8.30. The third kappa shape index (κ3) is 6.62. The number of benzene rings is 1. The second-order valence-corrected chi connectivity index (χ2v) is 13.6. The highest BCUT2D eigenvalue weighted by Crippen LogP contribution is 2.39. The molecule has 0 bridgehead atoms. The van der Waals surface area contributed by atoms with E-state index in [4.69, 9.17) is 9.84 Å². The van der Waals surface area contributed by atoms with Gasteiger partial charge in [-0.3, -0.25) is 14.4 Å². The molecule has 2 amide bonds. The minimum Gasteiger partial charge on any atom is -0.484 e. The lowest BCUT2D eigenvalue weighted by Crippen LogP contribution is -2.36. The van der Waals surface area contributed by atoms with Crippen LogP contribution in [0.1, 0.15) is 88.2 Å².